The highest BCUT2D eigenvalue weighted by Gasteiger charge is 2.14. The molecule has 3 aromatic rings. The zero-order chi connectivity index (χ0) is 13.6. The Labute approximate surface area is 109 Å². The summed E-state index contributed by atoms with van der Waals surface area (Å²) in [6, 6.07) is 9.71. The number of phenols is 1. The number of hydrogen-bond acceptors (Lipinski definition) is 2. The van der Waals surface area contributed by atoms with Crippen LogP contribution in [0.4, 0.5) is 4.39 Å². The van der Waals surface area contributed by atoms with E-state index >= 15 is 0 Å². The second-order valence-electron chi connectivity index (χ2n) is 4.60. The summed E-state index contributed by atoms with van der Waals surface area (Å²) in [5, 5.41) is 9.89. The summed E-state index contributed by atoms with van der Waals surface area (Å²) in [6.07, 6.45) is 0. The molecule has 0 saturated heterocycles. The highest BCUT2D eigenvalue weighted by molar-refractivity contribution is 5.84. The average Bonchev–Trinajstić information content (AvgIpc) is 2.71. The van der Waals surface area contributed by atoms with Gasteiger partial charge in [0.05, 0.1) is 16.6 Å². The van der Waals surface area contributed by atoms with Crippen LogP contribution < -0.4 is 0 Å². The number of phenolic OH excluding ortho intramolecular Hbond substituents is 1. The van der Waals surface area contributed by atoms with E-state index in [0.29, 0.717) is 11.4 Å². The van der Waals surface area contributed by atoms with Crippen molar-refractivity contribution < 1.29 is 9.50 Å². The predicted molar refractivity (Wildman–Crippen MR) is 72.5 cm³/mol. The van der Waals surface area contributed by atoms with Crippen LogP contribution in [0.15, 0.2) is 36.4 Å². The van der Waals surface area contributed by atoms with Crippen LogP contribution in [-0.4, -0.2) is 14.7 Å². The van der Waals surface area contributed by atoms with E-state index in [0.717, 1.165) is 16.6 Å². The summed E-state index contributed by atoms with van der Waals surface area (Å²) < 4.78 is 15.2. The monoisotopic (exact) mass is 256 g/mol. The van der Waals surface area contributed by atoms with E-state index in [-0.39, 0.29) is 5.75 Å². The van der Waals surface area contributed by atoms with E-state index < -0.39 is 5.82 Å². The Balaban J connectivity index is 2.34. The number of aryl methyl sites for hydroxylation is 2. The molecule has 2 aromatic carbocycles. The first-order chi connectivity index (χ1) is 9.08. The first-order valence-corrected chi connectivity index (χ1v) is 5.99. The molecule has 0 radical (unpaired) electrons. The van der Waals surface area contributed by atoms with Crippen LogP contribution >= 0.6 is 0 Å². The largest absolute Gasteiger partial charge is 0.507 e. The van der Waals surface area contributed by atoms with Gasteiger partial charge in [0.1, 0.15) is 17.4 Å². The standard InChI is InChI=1S/C15H13FN2O/c1-9-4-3-5-12-14(9)18(2)15(17-12)11-8-10(16)6-7-13(11)19/h3-8,19H,1-2H3. The quantitative estimate of drug-likeness (QED) is 0.724. The van der Waals surface area contributed by atoms with Gasteiger partial charge in [0, 0.05) is 7.05 Å². The number of aromatic nitrogens is 2. The molecule has 96 valence electrons. The third kappa shape index (κ3) is 1.76. The van der Waals surface area contributed by atoms with Crippen LogP contribution in [0.25, 0.3) is 22.4 Å². The molecule has 19 heavy (non-hydrogen) atoms. The van der Waals surface area contributed by atoms with Gasteiger partial charge in [-0.2, -0.15) is 0 Å². The lowest BCUT2D eigenvalue weighted by molar-refractivity contribution is 0.474. The predicted octanol–water partition coefficient (Wildman–Crippen LogP) is 3.39. The minimum absolute atomic E-state index is 0.0254. The zero-order valence-electron chi connectivity index (χ0n) is 10.7. The molecule has 0 saturated carbocycles. The summed E-state index contributed by atoms with van der Waals surface area (Å²) in [5.41, 5.74) is 3.31. The Kier molecular flexibility index (Phi) is 2.52. The van der Waals surface area contributed by atoms with Crippen molar-refractivity contribution in [1.82, 2.24) is 9.55 Å². The third-order valence-corrected chi connectivity index (χ3v) is 3.30. The van der Waals surface area contributed by atoms with Crippen molar-refractivity contribution in [3.63, 3.8) is 0 Å². The van der Waals surface area contributed by atoms with Gasteiger partial charge in [0.25, 0.3) is 0 Å². The van der Waals surface area contributed by atoms with Crippen LogP contribution in [-0.2, 0) is 7.05 Å². The fraction of sp³-hybridized carbons (Fsp3) is 0.133. The van der Waals surface area contributed by atoms with E-state index in [4.69, 9.17) is 0 Å². The molecular weight excluding hydrogens is 243 g/mol. The Morgan fingerprint density at radius 3 is 2.74 bits per heavy atom. The number of aromatic hydroxyl groups is 1. The molecule has 0 spiro atoms. The van der Waals surface area contributed by atoms with Crippen molar-refractivity contribution in [3.8, 4) is 17.1 Å². The molecule has 3 rings (SSSR count). The number of nitrogens with zero attached hydrogens (tertiary/aromatic N) is 2. The molecule has 0 atom stereocenters. The van der Waals surface area contributed by atoms with Gasteiger partial charge >= 0.3 is 0 Å². The molecule has 0 aliphatic carbocycles. The molecule has 1 heterocycles. The van der Waals surface area contributed by atoms with Crippen molar-refractivity contribution in [2.45, 2.75) is 6.92 Å². The topological polar surface area (TPSA) is 38.1 Å². The van der Waals surface area contributed by atoms with Crippen molar-refractivity contribution in [1.29, 1.82) is 0 Å². The van der Waals surface area contributed by atoms with Crippen molar-refractivity contribution in [3.05, 3.63) is 47.8 Å². The van der Waals surface area contributed by atoms with Crippen molar-refractivity contribution >= 4 is 11.0 Å². The highest BCUT2D eigenvalue weighted by Crippen LogP contribution is 2.31. The molecule has 1 aromatic heterocycles. The van der Waals surface area contributed by atoms with E-state index in [1.54, 1.807) is 0 Å². The maximum absolute atomic E-state index is 13.4. The normalized spacial score (nSPS) is 11.1. The lowest BCUT2D eigenvalue weighted by Crippen LogP contribution is -1.94. The molecular formula is C15H13FN2O. The average molecular weight is 256 g/mol. The summed E-state index contributed by atoms with van der Waals surface area (Å²) in [7, 11) is 1.86. The molecule has 1 N–H and O–H groups in total. The summed E-state index contributed by atoms with van der Waals surface area (Å²) in [4.78, 5) is 4.48. The molecule has 3 nitrogen and oxygen atoms in total. The van der Waals surface area contributed by atoms with Crippen LogP contribution in [0.5, 0.6) is 5.75 Å². The molecule has 0 bridgehead atoms. The van der Waals surface area contributed by atoms with Crippen LogP contribution in [0, 0.1) is 12.7 Å². The van der Waals surface area contributed by atoms with Crippen molar-refractivity contribution in [2.75, 3.05) is 0 Å². The first kappa shape index (κ1) is 11.7. The van der Waals surface area contributed by atoms with Gasteiger partial charge < -0.3 is 9.67 Å². The highest BCUT2D eigenvalue weighted by atomic mass is 19.1. The number of fused-ring (bicyclic) bond motifs is 1. The van der Waals surface area contributed by atoms with Crippen molar-refractivity contribution in [2.24, 2.45) is 7.05 Å². The van der Waals surface area contributed by atoms with E-state index in [2.05, 4.69) is 4.98 Å². The van der Waals surface area contributed by atoms with E-state index in [1.807, 2.05) is 36.7 Å². The molecule has 0 aliphatic rings. The molecule has 0 unspecified atom stereocenters. The third-order valence-electron chi connectivity index (χ3n) is 3.30. The van der Waals surface area contributed by atoms with Crippen LogP contribution in [0.1, 0.15) is 5.56 Å². The number of imidazole rings is 1. The van der Waals surface area contributed by atoms with Gasteiger partial charge in [0.15, 0.2) is 0 Å². The molecule has 0 fully saturated rings. The Morgan fingerprint density at radius 1 is 1.21 bits per heavy atom. The Bertz CT molecular complexity index is 777. The minimum atomic E-state index is -0.392. The number of para-hydroxylation sites is 1. The summed E-state index contributed by atoms with van der Waals surface area (Å²) in [6.45, 7) is 2.00. The van der Waals surface area contributed by atoms with Gasteiger partial charge in [-0.1, -0.05) is 12.1 Å². The summed E-state index contributed by atoms with van der Waals surface area (Å²) >= 11 is 0. The van der Waals surface area contributed by atoms with Gasteiger partial charge in [-0.15, -0.1) is 0 Å². The zero-order valence-corrected chi connectivity index (χ0v) is 10.7. The lowest BCUT2D eigenvalue weighted by Gasteiger charge is -2.06. The SMILES string of the molecule is Cc1cccc2nc(-c3cc(F)ccc3O)n(C)c12. The van der Waals surface area contributed by atoms with Gasteiger partial charge in [-0.3, -0.25) is 0 Å². The van der Waals surface area contributed by atoms with E-state index in [1.165, 1.54) is 18.2 Å². The first-order valence-electron chi connectivity index (χ1n) is 5.99. The fourth-order valence-corrected chi connectivity index (χ4v) is 2.39. The minimum Gasteiger partial charge on any atom is -0.507 e. The Morgan fingerprint density at radius 2 is 2.00 bits per heavy atom. The number of benzene rings is 2. The molecule has 0 amide bonds. The Hall–Kier alpha value is -2.36. The fourth-order valence-electron chi connectivity index (χ4n) is 2.39. The summed E-state index contributed by atoms with van der Waals surface area (Å²) in [5.74, 6) is 0.190. The number of rotatable bonds is 1. The number of hydrogen-bond donors (Lipinski definition) is 1. The second-order valence-corrected chi connectivity index (χ2v) is 4.60. The van der Waals surface area contributed by atoms with E-state index in [9.17, 15) is 9.50 Å². The maximum Gasteiger partial charge on any atom is 0.144 e. The molecule has 4 heteroatoms. The van der Waals surface area contributed by atoms with Gasteiger partial charge in [-0.25, -0.2) is 9.37 Å². The smallest absolute Gasteiger partial charge is 0.144 e. The number of halogens is 1. The van der Waals surface area contributed by atoms with Gasteiger partial charge in [-0.05, 0) is 36.8 Å². The molecule has 0 aliphatic heterocycles. The maximum atomic E-state index is 13.4. The lowest BCUT2D eigenvalue weighted by atomic mass is 10.2. The van der Waals surface area contributed by atoms with Crippen LogP contribution in [0.2, 0.25) is 0 Å². The van der Waals surface area contributed by atoms with Crippen LogP contribution in [0.3, 0.4) is 0 Å². The van der Waals surface area contributed by atoms with Gasteiger partial charge in [0.2, 0.25) is 0 Å². The second kappa shape index (κ2) is 4.09.